The lowest BCUT2D eigenvalue weighted by molar-refractivity contribution is 0.553. The summed E-state index contributed by atoms with van der Waals surface area (Å²) < 4.78 is 47.3. The lowest BCUT2D eigenvalue weighted by atomic mass is 9.88. The number of aromatic nitrogens is 1. The molecule has 11 heteroatoms. The Morgan fingerprint density at radius 3 is 2.57 bits per heavy atom. The number of aryl methyl sites for hydroxylation is 1. The number of pyridine rings is 1. The van der Waals surface area contributed by atoms with Crippen molar-refractivity contribution in [2.45, 2.75) is 33.2 Å². The first-order chi connectivity index (χ1) is 16.4. The minimum absolute atomic E-state index is 0.0364. The molecule has 0 spiro atoms. The zero-order valence-electron chi connectivity index (χ0n) is 19.4. The summed E-state index contributed by atoms with van der Waals surface area (Å²) in [6, 6.07) is 4.06. The van der Waals surface area contributed by atoms with Crippen molar-refractivity contribution in [3.63, 3.8) is 0 Å². The smallest absolute Gasteiger partial charge is 0.341 e. The van der Waals surface area contributed by atoms with Crippen molar-refractivity contribution < 1.29 is 17.2 Å². The zero-order valence-corrected chi connectivity index (χ0v) is 22.4. The molecular formula is C24H23FIN3O5S. The Morgan fingerprint density at radius 1 is 1.20 bits per heavy atom. The molecular weight excluding hydrogens is 588 g/mol. The second kappa shape index (κ2) is 9.36. The normalized spacial score (nSPS) is 16.2. The number of halogens is 2. The van der Waals surface area contributed by atoms with Crippen molar-refractivity contribution in [3.8, 4) is 0 Å². The lowest BCUT2D eigenvalue weighted by Crippen LogP contribution is -2.35. The van der Waals surface area contributed by atoms with E-state index in [9.17, 15) is 22.4 Å². The monoisotopic (exact) mass is 611 g/mol. The van der Waals surface area contributed by atoms with E-state index in [4.69, 9.17) is 4.42 Å². The molecule has 3 aromatic rings. The maximum absolute atomic E-state index is 14.6. The third-order valence-electron chi connectivity index (χ3n) is 5.90. The van der Waals surface area contributed by atoms with Crippen molar-refractivity contribution in [1.29, 1.82) is 0 Å². The van der Waals surface area contributed by atoms with E-state index >= 15 is 0 Å². The minimum atomic E-state index is -3.48. The van der Waals surface area contributed by atoms with Gasteiger partial charge in [-0.25, -0.2) is 22.3 Å². The SMILES string of the molecule is CC1=C(c2c(C)[nH]c(=O)c3c(Nc4ccc(I)cc4F)c(C)c(=O)oc23)C=CC[C@H]1NS(C)(=O)=O. The molecule has 0 bridgehead atoms. The number of hydrogen-bond donors (Lipinski definition) is 3. The highest BCUT2D eigenvalue weighted by atomic mass is 127. The van der Waals surface area contributed by atoms with Crippen LogP contribution in [0.15, 0.2) is 49.9 Å². The Hall–Kier alpha value is -2.77. The van der Waals surface area contributed by atoms with Gasteiger partial charge in [0.15, 0.2) is 5.58 Å². The summed E-state index contributed by atoms with van der Waals surface area (Å²) in [5, 5.41) is 2.97. The number of allylic oxidation sites excluding steroid dienone is 2. The number of sulfonamides is 1. The average molecular weight is 611 g/mol. The van der Waals surface area contributed by atoms with Crippen LogP contribution < -0.4 is 21.2 Å². The third kappa shape index (κ3) is 4.98. The second-order valence-corrected chi connectivity index (χ2v) is 11.5. The number of anilines is 2. The lowest BCUT2D eigenvalue weighted by Gasteiger charge is -2.24. The van der Waals surface area contributed by atoms with Crippen LogP contribution in [0.3, 0.4) is 0 Å². The van der Waals surface area contributed by atoms with E-state index in [-0.39, 0.29) is 27.9 Å². The van der Waals surface area contributed by atoms with Crippen molar-refractivity contribution in [2.75, 3.05) is 11.6 Å². The number of rotatable bonds is 5. The van der Waals surface area contributed by atoms with E-state index in [2.05, 4.69) is 15.0 Å². The standard InChI is InChI=1S/C24H23FIN3O5S/c1-11-15(6-5-7-17(11)29-35(4,32)33)19-13(3)27-23(30)20-21(12(2)24(31)34-22(19)20)28-18-9-8-14(26)10-16(18)25/h5-6,8-10,17,28-29H,7H2,1-4H3,(H,27,30)/t17-/m1/s1. The van der Waals surface area contributed by atoms with Gasteiger partial charge in [-0.1, -0.05) is 12.2 Å². The van der Waals surface area contributed by atoms with Gasteiger partial charge in [0.05, 0.1) is 23.2 Å². The van der Waals surface area contributed by atoms with Gasteiger partial charge in [0.2, 0.25) is 10.0 Å². The summed E-state index contributed by atoms with van der Waals surface area (Å²) >= 11 is 1.99. The van der Waals surface area contributed by atoms with Crippen molar-refractivity contribution in [2.24, 2.45) is 0 Å². The minimum Gasteiger partial charge on any atom is -0.421 e. The van der Waals surface area contributed by atoms with Gasteiger partial charge in [0.25, 0.3) is 5.56 Å². The van der Waals surface area contributed by atoms with Crippen molar-refractivity contribution >= 4 is 60.5 Å². The summed E-state index contributed by atoms with van der Waals surface area (Å²) in [6.07, 6.45) is 5.16. The van der Waals surface area contributed by atoms with E-state index in [0.717, 1.165) is 6.26 Å². The fraction of sp³-hybridized carbons (Fsp3) is 0.250. The molecule has 0 saturated carbocycles. The van der Waals surface area contributed by atoms with Gasteiger partial charge in [-0.15, -0.1) is 0 Å². The third-order valence-corrected chi connectivity index (χ3v) is 7.29. The van der Waals surface area contributed by atoms with E-state index in [1.54, 1.807) is 19.9 Å². The molecule has 0 aliphatic heterocycles. The molecule has 184 valence electrons. The Bertz CT molecular complexity index is 1650. The molecule has 2 aromatic heterocycles. The predicted octanol–water partition coefficient (Wildman–Crippen LogP) is 4.24. The molecule has 0 fully saturated rings. The number of benzene rings is 1. The molecule has 2 heterocycles. The summed E-state index contributed by atoms with van der Waals surface area (Å²) in [6.45, 7) is 4.95. The van der Waals surface area contributed by atoms with Crippen LogP contribution in [0.1, 0.15) is 30.2 Å². The van der Waals surface area contributed by atoms with Gasteiger partial charge < -0.3 is 14.7 Å². The van der Waals surface area contributed by atoms with Gasteiger partial charge in [0, 0.05) is 20.9 Å². The summed E-state index contributed by atoms with van der Waals surface area (Å²) in [5.74, 6) is -0.537. The van der Waals surface area contributed by atoms with Crippen molar-refractivity contribution in [3.05, 3.63) is 82.9 Å². The number of H-pyrrole nitrogens is 1. The molecule has 8 nitrogen and oxygen atoms in total. The summed E-state index contributed by atoms with van der Waals surface area (Å²) in [4.78, 5) is 28.7. The van der Waals surface area contributed by atoms with Gasteiger partial charge >= 0.3 is 5.63 Å². The second-order valence-electron chi connectivity index (χ2n) is 8.47. The van der Waals surface area contributed by atoms with E-state index in [1.807, 2.05) is 34.7 Å². The highest BCUT2D eigenvalue weighted by Gasteiger charge is 2.26. The highest BCUT2D eigenvalue weighted by Crippen LogP contribution is 2.36. The molecule has 0 saturated heterocycles. The van der Waals surface area contributed by atoms with Crippen LogP contribution in [0.5, 0.6) is 0 Å². The molecule has 0 radical (unpaired) electrons. The van der Waals surface area contributed by atoms with E-state index < -0.39 is 33.1 Å². The summed E-state index contributed by atoms with van der Waals surface area (Å²) in [5.41, 5.74) is 1.44. The van der Waals surface area contributed by atoms with Crippen LogP contribution in [0.4, 0.5) is 15.8 Å². The van der Waals surface area contributed by atoms with Gasteiger partial charge in [-0.3, -0.25) is 4.79 Å². The highest BCUT2D eigenvalue weighted by molar-refractivity contribution is 14.1. The molecule has 1 atom stereocenters. The number of aromatic amines is 1. The van der Waals surface area contributed by atoms with Gasteiger partial charge in [0.1, 0.15) is 11.2 Å². The first kappa shape index (κ1) is 25.3. The van der Waals surface area contributed by atoms with Crippen LogP contribution >= 0.6 is 22.6 Å². The first-order valence-electron chi connectivity index (χ1n) is 10.6. The van der Waals surface area contributed by atoms with Gasteiger partial charge in [-0.2, -0.15) is 0 Å². The molecule has 0 unspecified atom stereocenters. The van der Waals surface area contributed by atoms with Crippen LogP contribution in [0.25, 0.3) is 16.5 Å². The van der Waals surface area contributed by atoms with Crippen LogP contribution in [-0.4, -0.2) is 25.7 Å². The first-order valence-corrected chi connectivity index (χ1v) is 13.6. The number of nitrogens with one attached hydrogen (secondary N) is 3. The van der Waals surface area contributed by atoms with Crippen LogP contribution in [0, 0.1) is 23.2 Å². The molecule has 1 aliphatic rings. The average Bonchev–Trinajstić information content (AvgIpc) is 2.74. The molecule has 3 N–H and O–H groups in total. The quantitative estimate of drug-likeness (QED) is 0.372. The van der Waals surface area contributed by atoms with Gasteiger partial charge in [-0.05, 0) is 79.1 Å². The summed E-state index contributed by atoms with van der Waals surface area (Å²) in [7, 11) is -3.48. The maximum Gasteiger partial charge on any atom is 0.341 e. The molecule has 35 heavy (non-hydrogen) atoms. The fourth-order valence-electron chi connectivity index (χ4n) is 4.18. The molecule has 0 amide bonds. The Kier molecular flexibility index (Phi) is 6.77. The Labute approximate surface area is 214 Å². The predicted molar refractivity (Wildman–Crippen MR) is 143 cm³/mol. The van der Waals surface area contributed by atoms with Crippen molar-refractivity contribution in [1.82, 2.24) is 9.71 Å². The largest absolute Gasteiger partial charge is 0.421 e. The molecule has 1 aliphatic carbocycles. The van der Waals surface area contributed by atoms with E-state index in [1.165, 1.54) is 19.1 Å². The molecule has 4 rings (SSSR count). The van der Waals surface area contributed by atoms with Crippen LogP contribution in [-0.2, 0) is 10.0 Å². The van der Waals surface area contributed by atoms with Crippen LogP contribution in [0.2, 0.25) is 0 Å². The Morgan fingerprint density at radius 2 is 1.91 bits per heavy atom. The maximum atomic E-state index is 14.6. The van der Waals surface area contributed by atoms with E-state index in [0.29, 0.717) is 32.4 Å². The zero-order chi connectivity index (χ0) is 25.7. The Balaban J connectivity index is 2.01. The number of fused-ring (bicyclic) bond motifs is 1. The fourth-order valence-corrected chi connectivity index (χ4v) is 5.42. The number of hydrogen-bond acceptors (Lipinski definition) is 6. The topological polar surface area (TPSA) is 121 Å². The molecule has 1 aromatic carbocycles.